The van der Waals surface area contributed by atoms with E-state index in [1.165, 1.54) is 11.9 Å². The molecule has 3 amide bonds. The van der Waals surface area contributed by atoms with Crippen molar-refractivity contribution in [2.24, 2.45) is 5.92 Å². The summed E-state index contributed by atoms with van der Waals surface area (Å²) in [7, 11) is -1.17. The van der Waals surface area contributed by atoms with Crippen LogP contribution in [0.1, 0.15) is 46.6 Å². The van der Waals surface area contributed by atoms with Crippen LogP contribution in [-0.4, -0.2) is 98.2 Å². The number of amides is 3. The highest BCUT2D eigenvalue weighted by Gasteiger charge is 2.41. The lowest BCUT2D eigenvalue weighted by Crippen LogP contribution is -2.57. The van der Waals surface area contributed by atoms with Crippen molar-refractivity contribution in [3.63, 3.8) is 0 Å². The fraction of sp³-hybridized carbons (Fsp3) is 0.630. The fourth-order valence-corrected chi connectivity index (χ4v) is 6.01. The third-order valence-corrected chi connectivity index (χ3v) is 8.45. The Balaban J connectivity index is 2.16. The largest absolute Gasteiger partial charge is 0.467 e. The van der Waals surface area contributed by atoms with Crippen molar-refractivity contribution < 1.29 is 41.8 Å². The molecule has 1 aliphatic rings. The Labute approximate surface area is 236 Å². The van der Waals surface area contributed by atoms with Gasteiger partial charge in [0.1, 0.15) is 24.3 Å². The van der Waals surface area contributed by atoms with Gasteiger partial charge in [-0.3, -0.25) is 9.69 Å². The van der Waals surface area contributed by atoms with Gasteiger partial charge in [-0.25, -0.2) is 22.8 Å². The predicted molar refractivity (Wildman–Crippen MR) is 147 cm³/mol. The van der Waals surface area contributed by atoms with E-state index < -0.39 is 56.8 Å². The highest BCUT2D eigenvalue weighted by molar-refractivity contribution is 7.92. The topological polar surface area (TPSA) is 149 Å². The third kappa shape index (κ3) is 9.39. The minimum Gasteiger partial charge on any atom is -0.467 e. The molecule has 40 heavy (non-hydrogen) atoms. The molecule has 3 atom stereocenters. The quantitative estimate of drug-likeness (QED) is 0.342. The number of sulfone groups is 1. The molecule has 1 saturated heterocycles. The molecule has 1 aliphatic heterocycles. The van der Waals surface area contributed by atoms with Crippen LogP contribution in [0.15, 0.2) is 30.3 Å². The van der Waals surface area contributed by atoms with Crippen molar-refractivity contribution in [3.05, 3.63) is 35.9 Å². The summed E-state index contributed by atoms with van der Waals surface area (Å²) in [6.45, 7) is 8.30. The molecule has 1 aromatic rings. The summed E-state index contributed by atoms with van der Waals surface area (Å²) < 4.78 is 41.3. The molecule has 1 N–H and O–H groups in total. The number of hydrogen-bond donors (Lipinski definition) is 1. The molecular weight excluding hydrogens is 542 g/mol. The van der Waals surface area contributed by atoms with Gasteiger partial charge >= 0.3 is 18.2 Å². The van der Waals surface area contributed by atoms with E-state index >= 15 is 0 Å². The summed E-state index contributed by atoms with van der Waals surface area (Å²) in [6, 6.07) is 6.67. The maximum atomic E-state index is 13.4. The lowest BCUT2D eigenvalue weighted by molar-refractivity contribution is -0.146. The van der Waals surface area contributed by atoms with Crippen LogP contribution in [0, 0.1) is 5.92 Å². The number of ether oxygens (including phenoxy) is 3. The van der Waals surface area contributed by atoms with Crippen LogP contribution in [0.5, 0.6) is 0 Å². The van der Waals surface area contributed by atoms with Gasteiger partial charge in [-0.2, -0.15) is 0 Å². The van der Waals surface area contributed by atoms with Gasteiger partial charge in [-0.1, -0.05) is 44.2 Å². The number of nitrogens with zero attached hydrogens (tertiary/aromatic N) is 2. The highest BCUT2D eigenvalue weighted by Crippen LogP contribution is 2.21. The molecule has 0 saturated carbocycles. The molecule has 0 bridgehead atoms. The fourth-order valence-electron chi connectivity index (χ4n) is 4.31. The van der Waals surface area contributed by atoms with Gasteiger partial charge < -0.3 is 24.4 Å². The van der Waals surface area contributed by atoms with Crippen LogP contribution in [0.3, 0.4) is 0 Å². The molecule has 2 rings (SSSR count). The van der Waals surface area contributed by atoms with Gasteiger partial charge in [0.15, 0.2) is 9.84 Å². The highest BCUT2D eigenvalue weighted by atomic mass is 32.2. The normalized spacial score (nSPS) is 18.3. The third-order valence-electron chi connectivity index (χ3n) is 6.34. The van der Waals surface area contributed by atoms with Gasteiger partial charge in [0.05, 0.1) is 18.1 Å². The number of likely N-dealkylation sites (N-methyl/N-ethyl adjacent to an activating group) is 1. The Morgan fingerprint density at radius 1 is 1.12 bits per heavy atom. The lowest BCUT2D eigenvalue weighted by Gasteiger charge is -2.35. The Hall–Kier alpha value is -3.35. The van der Waals surface area contributed by atoms with E-state index in [4.69, 9.17) is 14.2 Å². The summed E-state index contributed by atoms with van der Waals surface area (Å²) in [6.07, 6.45) is -1.73. The van der Waals surface area contributed by atoms with E-state index in [-0.39, 0.29) is 37.8 Å². The SMILES string of the molecule is COC(=O)C(CC1CN(C(=O)OC(C)(C)C)CCS1(=O)=O)NC(=O)[C@H](C(C)C)N(C)C(=O)OCc1ccccc1. The predicted octanol–water partition coefficient (Wildman–Crippen LogP) is 2.36. The Kier molecular flexibility index (Phi) is 11.4. The van der Waals surface area contributed by atoms with Gasteiger partial charge in [0.2, 0.25) is 5.91 Å². The number of benzene rings is 1. The summed E-state index contributed by atoms with van der Waals surface area (Å²) in [5, 5.41) is 1.42. The number of hydrogen-bond acceptors (Lipinski definition) is 9. The summed E-state index contributed by atoms with van der Waals surface area (Å²) in [5.41, 5.74) is 0.000579. The van der Waals surface area contributed by atoms with Crippen molar-refractivity contribution in [2.45, 2.75) is 70.6 Å². The first kappa shape index (κ1) is 32.9. The van der Waals surface area contributed by atoms with Crippen LogP contribution >= 0.6 is 0 Å². The molecule has 224 valence electrons. The molecule has 12 nitrogen and oxygen atoms in total. The van der Waals surface area contributed by atoms with Crippen LogP contribution in [0.2, 0.25) is 0 Å². The van der Waals surface area contributed by atoms with E-state index in [2.05, 4.69) is 5.32 Å². The second-order valence-electron chi connectivity index (χ2n) is 11.1. The number of rotatable bonds is 9. The number of nitrogens with one attached hydrogen (secondary N) is 1. The van der Waals surface area contributed by atoms with E-state index in [9.17, 15) is 27.6 Å². The van der Waals surface area contributed by atoms with E-state index in [1.807, 2.05) is 18.2 Å². The molecule has 1 fully saturated rings. The van der Waals surface area contributed by atoms with Crippen LogP contribution in [-0.2, 0) is 40.2 Å². The zero-order valence-corrected chi connectivity index (χ0v) is 25.0. The molecule has 1 heterocycles. The Morgan fingerprint density at radius 3 is 2.30 bits per heavy atom. The van der Waals surface area contributed by atoms with Crippen molar-refractivity contribution in [1.82, 2.24) is 15.1 Å². The van der Waals surface area contributed by atoms with E-state index in [0.29, 0.717) is 0 Å². The van der Waals surface area contributed by atoms with Crippen LogP contribution < -0.4 is 5.32 Å². The maximum Gasteiger partial charge on any atom is 0.410 e. The summed E-state index contributed by atoms with van der Waals surface area (Å²) in [5.74, 6) is -2.23. The minimum absolute atomic E-state index is 0.00885. The van der Waals surface area contributed by atoms with Crippen molar-refractivity contribution in [2.75, 3.05) is 33.0 Å². The monoisotopic (exact) mass is 583 g/mol. The molecule has 13 heteroatoms. The zero-order chi connectivity index (χ0) is 30.3. The van der Waals surface area contributed by atoms with Crippen molar-refractivity contribution in [3.8, 4) is 0 Å². The molecule has 0 spiro atoms. The maximum absolute atomic E-state index is 13.4. The second-order valence-corrected chi connectivity index (χ2v) is 13.5. The average Bonchev–Trinajstić information content (AvgIpc) is 2.86. The first-order valence-electron chi connectivity index (χ1n) is 13.1. The first-order chi connectivity index (χ1) is 18.6. The number of esters is 1. The second kappa shape index (κ2) is 13.8. The van der Waals surface area contributed by atoms with Gasteiger partial charge in [0, 0.05) is 20.1 Å². The molecule has 1 aromatic carbocycles. The number of carbonyl (C=O) groups excluding carboxylic acids is 4. The Morgan fingerprint density at radius 2 is 1.75 bits per heavy atom. The van der Waals surface area contributed by atoms with Gasteiger partial charge in [0.25, 0.3) is 0 Å². The van der Waals surface area contributed by atoms with Crippen LogP contribution in [0.25, 0.3) is 0 Å². The van der Waals surface area contributed by atoms with Gasteiger partial charge in [-0.15, -0.1) is 0 Å². The number of carbonyl (C=O) groups is 4. The lowest BCUT2D eigenvalue weighted by atomic mass is 10.0. The average molecular weight is 584 g/mol. The Bertz CT molecular complexity index is 1150. The molecular formula is C27H41N3O9S. The molecule has 0 aromatic heterocycles. The van der Waals surface area contributed by atoms with Crippen LogP contribution in [0.4, 0.5) is 9.59 Å². The summed E-state index contributed by atoms with van der Waals surface area (Å²) in [4.78, 5) is 53.7. The zero-order valence-electron chi connectivity index (χ0n) is 24.2. The molecule has 2 unspecified atom stereocenters. The smallest absolute Gasteiger partial charge is 0.410 e. The standard InChI is InChI=1S/C27H41N3O9S/c1-18(2)22(29(6)25(33)38-17-19-11-9-8-10-12-19)23(31)28-21(24(32)37-7)15-20-16-30(13-14-40(20,35)36)26(34)39-27(3,4)5/h8-12,18,20-22H,13-17H2,1-7H3,(H,28,31)/t20?,21?,22-/m0/s1. The molecule has 0 radical (unpaired) electrons. The minimum atomic E-state index is -3.70. The summed E-state index contributed by atoms with van der Waals surface area (Å²) >= 11 is 0. The van der Waals surface area contributed by atoms with Crippen molar-refractivity contribution in [1.29, 1.82) is 0 Å². The van der Waals surface area contributed by atoms with Gasteiger partial charge in [-0.05, 0) is 38.7 Å². The van der Waals surface area contributed by atoms with Crippen molar-refractivity contribution >= 4 is 33.9 Å². The first-order valence-corrected chi connectivity index (χ1v) is 14.8. The van der Waals surface area contributed by atoms with E-state index in [1.54, 1.807) is 46.8 Å². The molecule has 0 aliphatic carbocycles. The van der Waals surface area contributed by atoms with E-state index in [0.717, 1.165) is 17.6 Å². The number of methoxy groups -OCH3 is 1.